The van der Waals surface area contributed by atoms with Gasteiger partial charge >= 0.3 is 0 Å². The van der Waals surface area contributed by atoms with Crippen molar-refractivity contribution in [3.05, 3.63) is 124 Å². The summed E-state index contributed by atoms with van der Waals surface area (Å²) in [6.45, 7) is 6.77. The van der Waals surface area contributed by atoms with Crippen LogP contribution in [0.15, 0.2) is 91.0 Å². The molecule has 0 saturated heterocycles. The minimum atomic E-state index is -0.309. The Bertz CT molecular complexity index is 2560. The van der Waals surface area contributed by atoms with Crippen LogP contribution >= 0.6 is 12.6 Å². The maximum atomic E-state index is 14.0. The number of anilines is 5. The van der Waals surface area contributed by atoms with Crippen LogP contribution in [0.25, 0.3) is 0 Å². The maximum absolute atomic E-state index is 14.0. The normalized spacial score (nSPS) is 16.3. The number of hydrogen-bond donors (Lipinski definition) is 3. The van der Waals surface area contributed by atoms with E-state index in [-0.39, 0.29) is 53.5 Å². The van der Waals surface area contributed by atoms with Gasteiger partial charge < -0.3 is 44.7 Å². The largest absolute Gasteiger partial charge is 0.493 e. The van der Waals surface area contributed by atoms with Crippen LogP contribution in [0.5, 0.6) is 23.0 Å². The van der Waals surface area contributed by atoms with Crippen LogP contribution in [0, 0.1) is 0 Å². The van der Waals surface area contributed by atoms with Crippen molar-refractivity contribution in [2.24, 2.45) is 0 Å². The van der Waals surface area contributed by atoms with Gasteiger partial charge in [-0.3, -0.25) is 14.4 Å². The number of hydrogen-bond acceptors (Lipinski definition) is 10. The van der Waals surface area contributed by atoms with Gasteiger partial charge in [0.25, 0.3) is 11.8 Å². The Morgan fingerprint density at radius 3 is 2.11 bits per heavy atom. The number of carbonyl (C=O) groups is 3. The van der Waals surface area contributed by atoms with E-state index in [0.29, 0.717) is 64.9 Å². The Hall–Kier alpha value is -6.34. The molecule has 0 fully saturated rings. The van der Waals surface area contributed by atoms with Crippen LogP contribution in [0.3, 0.4) is 0 Å². The van der Waals surface area contributed by atoms with E-state index in [2.05, 4.69) is 24.0 Å². The quantitative estimate of drug-likeness (QED) is 0.0788. The van der Waals surface area contributed by atoms with Crippen molar-refractivity contribution in [2.45, 2.75) is 76.5 Å². The molecule has 0 radical (unpaired) electrons. The van der Waals surface area contributed by atoms with Gasteiger partial charge in [0.1, 0.15) is 13.2 Å². The summed E-state index contributed by atoms with van der Waals surface area (Å²) in [5.41, 5.74) is 14.6. The van der Waals surface area contributed by atoms with Crippen LogP contribution < -0.4 is 44.7 Å². The number of carbonyl (C=O) groups excluding carboxylic acids is 3. The molecule has 322 valence electrons. The highest BCUT2D eigenvalue weighted by atomic mass is 32.1. The van der Waals surface area contributed by atoms with Crippen molar-refractivity contribution in [3.63, 3.8) is 0 Å². The zero-order chi connectivity index (χ0) is 43.9. The molecule has 8 rings (SSSR count). The van der Waals surface area contributed by atoms with Crippen LogP contribution in [-0.4, -0.2) is 62.4 Å². The highest BCUT2D eigenvalue weighted by Gasteiger charge is 2.38. The minimum Gasteiger partial charge on any atom is -0.493 e. The number of nitrogen functional groups attached to an aromatic ring is 1. The van der Waals surface area contributed by atoms with Crippen molar-refractivity contribution < 1.29 is 33.3 Å². The summed E-state index contributed by atoms with van der Waals surface area (Å²) in [5, 5.41) is 3.49. The van der Waals surface area contributed by atoms with E-state index in [1.807, 2.05) is 92.4 Å². The van der Waals surface area contributed by atoms with E-state index in [1.165, 1.54) is 7.11 Å². The van der Waals surface area contributed by atoms with Gasteiger partial charge in [0.2, 0.25) is 5.91 Å². The molecule has 0 bridgehead atoms. The topological polar surface area (TPSA) is 136 Å². The zero-order valence-electron chi connectivity index (χ0n) is 36.0. The molecule has 5 aromatic rings. The average molecular weight is 856 g/mol. The van der Waals surface area contributed by atoms with E-state index in [0.717, 1.165) is 46.5 Å². The second-order valence-electron chi connectivity index (χ2n) is 16.9. The molecule has 62 heavy (non-hydrogen) atoms. The molecule has 3 N–H and O–H groups in total. The molecule has 13 heteroatoms. The predicted molar refractivity (Wildman–Crippen MR) is 247 cm³/mol. The van der Waals surface area contributed by atoms with Gasteiger partial charge in [0.05, 0.1) is 37.1 Å². The molecule has 0 aliphatic carbocycles. The number of rotatable bonds is 13. The Labute approximate surface area is 368 Å². The summed E-state index contributed by atoms with van der Waals surface area (Å²) in [4.78, 5) is 46.8. The first-order valence-corrected chi connectivity index (χ1v) is 21.3. The fourth-order valence-electron chi connectivity index (χ4n) is 8.60. The van der Waals surface area contributed by atoms with Crippen LogP contribution in [-0.2, 0) is 30.8 Å². The molecule has 2 atom stereocenters. The van der Waals surface area contributed by atoms with E-state index in [1.54, 1.807) is 42.2 Å². The predicted octanol–water partition coefficient (Wildman–Crippen LogP) is 8.48. The standard InChI is InChI=1S/C49H53N5O7S/c1-29-17-32-11-7-9-13-40(32)53(29)47(56)36-22-42(58-5)44(24-38(36)50)60-27-30-18-31(20-34(19-30)52(4)46(55)15-16-49(2,3)62)28-61-45-25-39-37(23-43(45)59-6)48(57)54-35(26-51-39)21-33-12-8-10-14-41(33)54/h7-14,18-20,22-25,29,35,51,62H,15-17,21,26-28,50H2,1-6H3/t29-,35+/m1/s1. The Kier molecular flexibility index (Phi) is 11.7. The van der Waals surface area contributed by atoms with Gasteiger partial charge in [-0.1, -0.05) is 50.2 Å². The third kappa shape index (κ3) is 8.46. The first-order valence-electron chi connectivity index (χ1n) is 20.9. The highest BCUT2D eigenvalue weighted by molar-refractivity contribution is 7.81. The summed E-state index contributed by atoms with van der Waals surface area (Å²) < 4.78 is 24.0. The summed E-state index contributed by atoms with van der Waals surface area (Å²) in [6, 6.07) is 28.4. The lowest BCUT2D eigenvalue weighted by molar-refractivity contribution is -0.118. The molecule has 0 unspecified atom stereocenters. The number of thiol groups is 1. The summed E-state index contributed by atoms with van der Waals surface area (Å²) >= 11 is 4.63. The third-order valence-corrected chi connectivity index (χ3v) is 12.1. The number of benzene rings is 5. The summed E-state index contributed by atoms with van der Waals surface area (Å²) in [5.74, 6) is 1.23. The van der Waals surface area contributed by atoms with Gasteiger partial charge in [0, 0.05) is 65.7 Å². The number of methoxy groups -OCH3 is 2. The zero-order valence-corrected chi connectivity index (χ0v) is 36.9. The monoisotopic (exact) mass is 855 g/mol. The molecule has 3 aliphatic heterocycles. The van der Waals surface area contributed by atoms with E-state index >= 15 is 0 Å². The van der Waals surface area contributed by atoms with Crippen molar-refractivity contribution in [1.82, 2.24) is 0 Å². The lowest BCUT2D eigenvalue weighted by Gasteiger charge is -2.24. The van der Waals surface area contributed by atoms with Gasteiger partial charge in [-0.05, 0) is 90.9 Å². The lowest BCUT2D eigenvalue weighted by atomic mass is 10.1. The molecule has 12 nitrogen and oxygen atoms in total. The third-order valence-electron chi connectivity index (χ3n) is 11.9. The molecule has 3 aliphatic rings. The fourth-order valence-corrected chi connectivity index (χ4v) is 8.71. The number of amides is 3. The minimum absolute atomic E-state index is 0.0154. The highest BCUT2D eigenvalue weighted by Crippen LogP contribution is 2.42. The van der Waals surface area contributed by atoms with Crippen molar-refractivity contribution in [3.8, 4) is 23.0 Å². The first kappa shape index (κ1) is 42.4. The molecular weight excluding hydrogens is 803 g/mol. The maximum Gasteiger partial charge on any atom is 0.260 e. The number of para-hydroxylation sites is 2. The Balaban J connectivity index is 1.05. The summed E-state index contributed by atoms with van der Waals surface area (Å²) in [6.07, 6.45) is 2.44. The molecule has 0 saturated carbocycles. The van der Waals surface area contributed by atoms with E-state index in [4.69, 9.17) is 24.7 Å². The number of fused-ring (bicyclic) bond motifs is 5. The van der Waals surface area contributed by atoms with Crippen molar-refractivity contribution in [1.29, 1.82) is 0 Å². The molecule has 3 heterocycles. The number of nitrogens with two attached hydrogens (primary N) is 1. The first-order chi connectivity index (χ1) is 29.7. The average Bonchev–Trinajstić information content (AvgIpc) is 3.77. The van der Waals surface area contributed by atoms with Crippen molar-refractivity contribution in [2.75, 3.05) is 53.6 Å². The molecule has 0 aromatic heterocycles. The van der Waals surface area contributed by atoms with Gasteiger partial charge in [-0.2, -0.15) is 12.6 Å². The molecule has 0 spiro atoms. The van der Waals surface area contributed by atoms with Gasteiger partial charge in [-0.25, -0.2) is 0 Å². The lowest BCUT2D eigenvalue weighted by Crippen LogP contribution is -2.39. The molecule has 3 amide bonds. The number of nitrogens with zero attached hydrogens (tertiary/aromatic N) is 3. The van der Waals surface area contributed by atoms with Gasteiger partial charge in [0.15, 0.2) is 23.0 Å². The Morgan fingerprint density at radius 2 is 1.45 bits per heavy atom. The Morgan fingerprint density at radius 1 is 0.839 bits per heavy atom. The van der Waals surface area contributed by atoms with Crippen LogP contribution in [0.1, 0.15) is 76.6 Å². The fraction of sp³-hybridized carbons (Fsp3) is 0.327. The van der Waals surface area contributed by atoms with Crippen LogP contribution in [0.2, 0.25) is 0 Å². The van der Waals surface area contributed by atoms with E-state index < -0.39 is 0 Å². The molecule has 5 aromatic carbocycles. The summed E-state index contributed by atoms with van der Waals surface area (Å²) in [7, 11) is 4.82. The van der Waals surface area contributed by atoms with Crippen molar-refractivity contribution >= 4 is 58.8 Å². The SMILES string of the molecule is COc1cc(C(=O)N2c3ccccc3C[C@H]2C)c(N)cc1OCc1cc(COc2cc3c(cc2OC)C(=O)N2c4ccccc4C[C@H]2CN3)cc(N(C)C(=O)CCC(C)(C)S)c1. The van der Waals surface area contributed by atoms with Gasteiger partial charge in [-0.15, -0.1) is 0 Å². The smallest absolute Gasteiger partial charge is 0.260 e. The van der Waals surface area contributed by atoms with E-state index in [9.17, 15) is 14.4 Å². The second kappa shape index (κ2) is 17.2. The molecular formula is C49H53N5O7S. The number of ether oxygens (including phenoxy) is 4. The van der Waals surface area contributed by atoms with Crippen LogP contribution in [0.4, 0.5) is 28.4 Å². The second-order valence-corrected chi connectivity index (χ2v) is 18.1. The number of nitrogens with one attached hydrogen (secondary N) is 1.